The number of nitrogens with one attached hydrogen (secondary N) is 1. The standard InChI is InChI=1S/C16H17NO3.C12H17NO.C9H7ClO/c1-12-2-7-15(17-11-18)16(10-12)20-9-8-13-3-5-14(19)6-4-13;1-5-6-7-10(2)11(3)8-12(4)13-9-14;1-6-4-7-5-8(10)2-3-9(7)11-6/h2-7,10-11,19H,8-9H2,1H3,(H,17,18);5-7,9H,1,8H2,2-4H3;2-5H,1H3/b;7-6-,11-10+,13-12?;. The molecule has 4 aromatic rings. The smallest absolute Gasteiger partial charge is 0.232 e. The Morgan fingerprint density at radius 2 is 1.76 bits per heavy atom. The number of phenols is 1. The first kappa shape index (κ1) is 36.3. The maximum atomic E-state index is 10.5. The van der Waals surface area contributed by atoms with Gasteiger partial charge >= 0.3 is 0 Å². The van der Waals surface area contributed by atoms with Gasteiger partial charge in [-0.2, -0.15) is 0 Å². The number of nitrogens with zero attached hydrogens (tertiary/aromatic N) is 1. The number of benzene rings is 3. The van der Waals surface area contributed by atoms with Crippen LogP contribution in [0.2, 0.25) is 5.02 Å². The number of aromatic hydroxyl groups is 1. The quantitative estimate of drug-likeness (QED) is 0.0979. The third kappa shape index (κ3) is 13.5. The number of allylic oxidation sites excluding steroid dienone is 5. The summed E-state index contributed by atoms with van der Waals surface area (Å²) in [4.78, 5) is 24.3. The van der Waals surface area contributed by atoms with Gasteiger partial charge in [0.1, 0.15) is 22.8 Å². The van der Waals surface area contributed by atoms with E-state index in [1.807, 2.05) is 101 Å². The van der Waals surface area contributed by atoms with Gasteiger partial charge in [-0.15, -0.1) is 0 Å². The Labute approximate surface area is 270 Å². The normalized spacial score (nSPS) is 11.5. The van der Waals surface area contributed by atoms with Crippen molar-refractivity contribution in [2.24, 2.45) is 4.99 Å². The zero-order chi connectivity index (χ0) is 33.2. The van der Waals surface area contributed by atoms with Crippen LogP contribution in [0.3, 0.4) is 0 Å². The number of phenolic OH excluding ortho intramolecular Hbond substituents is 1. The summed E-state index contributed by atoms with van der Waals surface area (Å²) < 4.78 is 11.1. The van der Waals surface area contributed by atoms with Crippen LogP contribution >= 0.6 is 11.6 Å². The molecule has 45 heavy (non-hydrogen) atoms. The van der Waals surface area contributed by atoms with Gasteiger partial charge in [-0.05, 0) is 94.3 Å². The van der Waals surface area contributed by atoms with Crippen molar-refractivity contribution in [1.29, 1.82) is 0 Å². The number of fused-ring (bicyclic) bond motifs is 1. The largest absolute Gasteiger partial charge is 0.508 e. The predicted molar refractivity (Wildman–Crippen MR) is 186 cm³/mol. The molecular weight excluding hydrogens is 588 g/mol. The molecule has 236 valence electrons. The van der Waals surface area contributed by atoms with Crippen molar-refractivity contribution in [3.63, 3.8) is 0 Å². The fourth-order valence-corrected chi connectivity index (χ4v) is 4.21. The van der Waals surface area contributed by atoms with E-state index in [0.717, 1.165) is 51.4 Å². The zero-order valence-corrected chi connectivity index (χ0v) is 27.2. The van der Waals surface area contributed by atoms with E-state index in [1.54, 1.807) is 18.2 Å². The number of amides is 2. The summed E-state index contributed by atoms with van der Waals surface area (Å²) >= 11 is 5.79. The van der Waals surface area contributed by atoms with Gasteiger partial charge in [-0.1, -0.05) is 65.8 Å². The first-order valence-electron chi connectivity index (χ1n) is 14.4. The predicted octanol–water partition coefficient (Wildman–Crippen LogP) is 9.36. The van der Waals surface area contributed by atoms with E-state index in [2.05, 4.69) is 16.9 Å². The first-order chi connectivity index (χ1) is 21.6. The summed E-state index contributed by atoms with van der Waals surface area (Å²) in [6.07, 6.45) is 8.32. The molecule has 2 amide bonds. The number of hydrogen-bond acceptors (Lipinski definition) is 5. The minimum absolute atomic E-state index is 0.255. The number of hydrogen-bond donors (Lipinski definition) is 2. The van der Waals surface area contributed by atoms with E-state index in [1.165, 1.54) is 11.1 Å². The van der Waals surface area contributed by atoms with Crippen LogP contribution < -0.4 is 10.1 Å². The van der Waals surface area contributed by atoms with Crippen molar-refractivity contribution in [1.82, 2.24) is 0 Å². The number of anilines is 1. The Morgan fingerprint density at radius 3 is 2.42 bits per heavy atom. The molecule has 0 aliphatic heterocycles. The maximum Gasteiger partial charge on any atom is 0.232 e. The second kappa shape index (κ2) is 19.4. The summed E-state index contributed by atoms with van der Waals surface area (Å²) in [5, 5.41) is 13.6. The molecule has 7 nitrogen and oxygen atoms in total. The van der Waals surface area contributed by atoms with Crippen LogP contribution in [0.25, 0.3) is 11.0 Å². The van der Waals surface area contributed by atoms with Gasteiger partial charge in [-0.3, -0.25) is 9.59 Å². The van der Waals surface area contributed by atoms with E-state index in [4.69, 9.17) is 20.8 Å². The third-order valence-electron chi connectivity index (χ3n) is 6.49. The highest BCUT2D eigenvalue weighted by Gasteiger charge is 2.04. The number of aliphatic imine (C=N–C) groups is 1. The highest BCUT2D eigenvalue weighted by molar-refractivity contribution is 6.31. The molecule has 0 radical (unpaired) electrons. The molecule has 0 aliphatic rings. The van der Waals surface area contributed by atoms with Crippen molar-refractivity contribution < 1.29 is 23.8 Å². The van der Waals surface area contributed by atoms with Gasteiger partial charge in [0, 0.05) is 29.0 Å². The van der Waals surface area contributed by atoms with Gasteiger partial charge < -0.3 is 19.6 Å². The molecule has 3 aromatic carbocycles. The van der Waals surface area contributed by atoms with E-state index in [9.17, 15) is 14.7 Å². The van der Waals surface area contributed by atoms with Crippen LogP contribution in [0.4, 0.5) is 5.69 Å². The molecular formula is C37H41ClN2O5. The number of halogens is 1. The lowest BCUT2D eigenvalue weighted by Gasteiger charge is -2.11. The molecule has 0 saturated carbocycles. The maximum absolute atomic E-state index is 10.5. The van der Waals surface area contributed by atoms with E-state index in [0.29, 0.717) is 30.9 Å². The fourth-order valence-electron chi connectivity index (χ4n) is 4.03. The van der Waals surface area contributed by atoms with Gasteiger partial charge in [0.2, 0.25) is 12.8 Å². The number of rotatable bonds is 11. The topological polar surface area (TPSA) is 101 Å². The molecule has 0 fully saturated rings. The molecule has 8 heteroatoms. The van der Waals surface area contributed by atoms with Crippen molar-refractivity contribution in [2.75, 3.05) is 11.9 Å². The van der Waals surface area contributed by atoms with E-state index in [-0.39, 0.29) is 5.75 Å². The van der Waals surface area contributed by atoms with E-state index < -0.39 is 0 Å². The molecule has 0 aliphatic carbocycles. The molecule has 0 unspecified atom stereocenters. The van der Waals surface area contributed by atoms with Crippen LogP contribution in [0.1, 0.15) is 44.1 Å². The Morgan fingerprint density at radius 1 is 1.02 bits per heavy atom. The Kier molecular flexibility index (Phi) is 15.7. The van der Waals surface area contributed by atoms with Crippen molar-refractivity contribution in [3.05, 3.63) is 125 Å². The summed E-state index contributed by atoms with van der Waals surface area (Å²) in [5.41, 5.74) is 6.95. The van der Waals surface area contributed by atoms with Crippen molar-refractivity contribution in [2.45, 2.75) is 47.5 Å². The van der Waals surface area contributed by atoms with Crippen LogP contribution in [-0.2, 0) is 16.0 Å². The number of carbonyl (C=O) groups excluding carboxylic acids is 2. The van der Waals surface area contributed by atoms with Gasteiger partial charge in [-0.25, -0.2) is 4.99 Å². The Balaban J connectivity index is 0.000000247. The second-order valence-corrected chi connectivity index (χ2v) is 10.7. The zero-order valence-electron chi connectivity index (χ0n) is 26.5. The summed E-state index contributed by atoms with van der Waals surface area (Å²) in [5.74, 6) is 1.84. The number of ether oxygens (including phenoxy) is 1. The van der Waals surface area contributed by atoms with Crippen molar-refractivity contribution in [3.8, 4) is 11.5 Å². The van der Waals surface area contributed by atoms with Crippen LogP contribution in [0.5, 0.6) is 11.5 Å². The molecule has 1 heterocycles. The van der Waals surface area contributed by atoms with Crippen LogP contribution in [-0.4, -0.2) is 30.2 Å². The summed E-state index contributed by atoms with van der Waals surface area (Å²) in [6, 6.07) is 20.2. The average molecular weight is 629 g/mol. The highest BCUT2D eigenvalue weighted by atomic mass is 35.5. The SMILES string of the molecule is C=C/C=C\C(C)=C(/C)CC(C)=NC=O.Cc1cc2cc(Cl)ccc2o1.Cc1ccc(NC=O)c(OCCc2ccc(O)cc2)c1. The molecule has 0 spiro atoms. The third-order valence-corrected chi connectivity index (χ3v) is 6.72. The lowest BCUT2D eigenvalue weighted by atomic mass is 10.1. The Hall–Kier alpha value is -4.88. The van der Waals surface area contributed by atoms with Gasteiger partial charge in [0.15, 0.2) is 0 Å². The summed E-state index contributed by atoms with van der Waals surface area (Å²) in [6.45, 7) is 13.9. The van der Waals surface area contributed by atoms with Crippen LogP contribution in [0, 0.1) is 13.8 Å². The molecule has 4 rings (SSSR count). The monoisotopic (exact) mass is 628 g/mol. The minimum Gasteiger partial charge on any atom is -0.508 e. The fraction of sp³-hybridized carbons (Fsp3) is 0.216. The Bertz CT molecular complexity index is 1650. The number of furan rings is 1. The van der Waals surface area contributed by atoms with Crippen molar-refractivity contribution >= 4 is 46.8 Å². The van der Waals surface area contributed by atoms with E-state index >= 15 is 0 Å². The molecule has 0 saturated heterocycles. The summed E-state index contributed by atoms with van der Waals surface area (Å²) in [7, 11) is 0. The molecule has 2 N–H and O–H groups in total. The molecule has 0 atom stereocenters. The highest BCUT2D eigenvalue weighted by Crippen LogP contribution is 2.25. The first-order valence-corrected chi connectivity index (χ1v) is 14.7. The second-order valence-electron chi connectivity index (χ2n) is 10.3. The van der Waals surface area contributed by atoms with Crippen LogP contribution in [0.15, 0.2) is 112 Å². The molecule has 1 aromatic heterocycles. The number of carbonyl (C=O) groups is 2. The molecule has 0 bridgehead atoms. The average Bonchev–Trinajstić information content (AvgIpc) is 3.38. The lowest BCUT2D eigenvalue weighted by molar-refractivity contribution is -0.107. The lowest BCUT2D eigenvalue weighted by Crippen LogP contribution is -2.04. The number of aryl methyl sites for hydroxylation is 2. The van der Waals surface area contributed by atoms with Gasteiger partial charge in [0.05, 0.1) is 12.3 Å². The van der Waals surface area contributed by atoms with Gasteiger partial charge in [0.25, 0.3) is 0 Å². The minimum atomic E-state index is 0.255.